The molecule has 1 fully saturated rings. The zero-order valence-corrected chi connectivity index (χ0v) is 20.6. The van der Waals surface area contributed by atoms with Crippen LogP contribution in [0.15, 0.2) is 46.5 Å². The van der Waals surface area contributed by atoms with Crippen LogP contribution in [0, 0.1) is 12.8 Å². The van der Waals surface area contributed by atoms with Crippen LogP contribution in [0.3, 0.4) is 0 Å². The number of piperidine rings is 1. The number of benzene rings is 1. The van der Waals surface area contributed by atoms with Crippen LogP contribution in [0.5, 0.6) is 5.75 Å². The van der Waals surface area contributed by atoms with Crippen LogP contribution in [0.4, 0.5) is 0 Å². The van der Waals surface area contributed by atoms with Gasteiger partial charge in [0.1, 0.15) is 16.7 Å². The van der Waals surface area contributed by atoms with Gasteiger partial charge in [0.05, 0.1) is 12.5 Å². The molecule has 1 N–H and O–H groups in total. The Bertz CT molecular complexity index is 1220. The lowest BCUT2D eigenvalue weighted by molar-refractivity contribution is -0.121. The van der Waals surface area contributed by atoms with Crippen molar-refractivity contribution in [2.45, 2.75) is 50.0 Å². The highest BCUT2D eigenvalue weighted by Gasteiger charge is 2.31. The number of amides is 1. The molecule has 1 saturated heterocycles. The zero-order valence-electron chi connectivity index (χ0n) is 19.7. The molecule has 1 aromatic carbocycles. The fourth-order valence-corrected chi connectivity index (χ4v) is 6.28. The van der Waals surface area contributed by atoms with E-state index in [4.69, 9.17) is 4.74 Å². The first kappa shape index (κ1) is 24.3. The number of aryl methyl sites for hydroxylation is 1. The Morgan fingerprint density at radius 2 is 2.00 bits per heavy atom. The third-order valence-electron chi connectivity index (χ3n) is 6.56. The molecular formula is C25H32N4O4S. The van der Waals surface area contributed by atoms with Gasteiger partial charge in [0.15, 0.2) is 0 Å². The fourth-order valence-electron chi connectivity index (χ4n) is 4.57. The maximum atomic E-state index is 13.2. The lowest BCUT2D eigenvalue weighted by Gasteiger charge is -2.31. The lowest BCUT2D eigenvalue weighted by Crippen LogP contribution is -2.38. The molecular weight excluding hydrogens is 452 g/mol. The number of rotatable bonds is 9. The third-order valence-corrected chi connectivity index (χ3v) is 8.48. The fraction of sp³-hybridized carbons (Fsp3) is 0.480. The summed E-state index contributed by atoms with van der Waals surface area (Å²) in [7, 11) is -2.08. The molecule has 4 rings (SSSR count). The van der Waals surface area contributed by atoms with E-state index in [1.807, 2.05) is 25.1 Å². The summed E-state index contributed by atoms with van der Waals surface area (Å²) in [5.41, 5.74) is 0.891. The Kier molecular flexibility index (Phi) is 7.63. The van der Waals surface area contributed by atoms with E-state index in [2.05, 4.69) is 15.3 Å². The average Bonchev–Trinajstić information content (AvgIpc) is 3.28. The molecule has 182 valence electrons. The van der Waals surface area contributed by atoms with Gasteiger partial charge in [-0.2, -0.15) is 4.31 Å². The number of hydrogen-bond donors (Lipinski definition) is 1. The molecule has 2 aliphatic rings. The number of methoxy groups -OCH3 is 1. The molecule has 0 saturated carbocycles. The lowest BCUT2D eigenvalue weighted by atomic mass is 9.92. The minimum Gasteiger partial charge on any atom is -0.495 e. The standard InChI is InChI=1S/C25H32N4O4S/c1-18-6-7-23(33-2)24(15-18)34(31,32)29-13-9-19(10-14-29)5-3-4-11-27-25(30)22-16-20-17-26-12-8-21(20)28-22/h6-8,12,15-17,19,22H,3-5,9-11,13-14H2,1-2H3,(H,27,30). The van der Waals surface area contributed by atoms with Gasteiger partial charge in [-0.15, -0.1) is 0 Å². The highest BCUT2D eigenvalue weighted by atomic mass is 32.2. The first-order valence-electron chi connectivity index (χ1n) is 11.8. The predicted octanol–water partition coefficient (Wildman–Crippen LogP) is 1.57. The van der Waals surface area contributed by atoms with Crippen LogP contribution in [0.2, 0.25) is 0 Å². The maximum absolute atomic E-state index is 13.2. The van der Waals surface area contributed by atoms with E-state index in [0.29, 0.717) is 31.3 Å². The van der Waals surface area contributed by atoms with Crippen molar-refractivity contribution in [2.24, 2.45) is 10.9 Å². The molecule has 0 aliphatic carbocycles. The van der Waals surface area contributed by atoms with Crippen LogP contribution in [-0.2, 0) is 14.8 Å². The second-order valence-electron chi connectivity index (χ2n) is 8.96. The third kappa shape index (κ3) is 5.47. The van der Waals surface area contributed by atoms with Gasteiger partial charge < -0.3 is 10.1 Å². The van der Waals surface area contributed by atoms with E-state index in [1.54, 1.807) is 28.8 Å². The number of carbonyl (C=O) groups excluding carboxylic acids is 1. The molecule has 1 amide bonds. The Labute approximate surface area is 200 Å². The summed E-state index contributed by atoms with van der Waals surface area (Å²) in [5.74, 6) is 0.807. The van der Waals surface area contributed by atoms with Gasteiger partial charge in [-0.25, -0.2) is 8.42 Å². The Morgan fingerprint density at radius 3 is 2.74 bits per heavy atom. The molecule has 0 radical (unpaired) electrons. The van der Waals surface area contributed by atoms with E-state index < -0.39 is 16.1 Å². The largest absolute Gasteiger partial charge is 0.495 e. The van der Waals surface area contributed by atoms with E-state index >= 15 is 0 Å². The highest BCUT2D eigenvalue weighted by Crippen LogP contribution is 2.31. The van der Waals surface area contributed by atoms with Crippen LogP contribution in [0.1, 0.15) is 37.7 Å². The topological polar surface area (TPSA) is 101 Å². The van der Waals surface area contributed by atoms with Crippen molar-refractivity contribution in [3.63, 3.8) is 0 Å². The quantitative estimate of drug-likeness (QED) is 0.545. The van der Waals surface area contributed by atoms with Crippen molar-refractivity contribution in [2.75, 3.05) is 26.7 Å². The number of hydrogen-bond acceptors (Lipinski definition) is 6. The number of nitrogens with one attached hydrogen (secondary N) is 1. The maximum Gasteiger partial charge on any atom is 0.248 e. The Hall–Kier alpha value is -2.78. The Balaban J connectivity index is 1.18. The van der Waals surface area contributed by atoms with Crippen molar-refractivity contribution in [3.8, 4) is 5.75 Å². The van der Waals surface area contributed by atoms with Crippen LogP contribution < -0.4 is 20.6 Å². The van der Waals surface area contributed by atoms with Crippen molar-refractivity contribution in [3.05, 3.63) is 52.8 Å². The number of fused-ring (bicyclic) bond motifs is 1. The average molecular weight is 485 g/mol. The molecule has 1 unspecified atom stereocenters. The first-order valence-corrected chi connectivity index (χ1v) is 13.2. The van der Waals surface area contributed by atoms with Crippen molar-refractivity contribution >= 4 is 22.0 Å². The molecule has 34 heavy (non-hydrogen) atoms. The molecule has 1 aromatic heterocycles. The normalized spacial score (nSPS) is 18.6. The summed E-state index contributed by atoms with van der Waals surface area (Å²) < 4.78 is 33.2. The van der Waals surface area contributed by atoms with E-state index in [-0.39, 0.29) is 10.8 Å². The van der Waals surface area contributed by atoms with Crippen LogP contribution >= 0.6 is 0 Å². The molecule has 2 aromatic rings. The summed E-state index contributed by atoms with van der Waals surface area (Å²) in [4.78, 5) is 21.1. The summed E-state index contributed by atoms with van der Waals surface area (Å²) in [6.07, 6.45) is 9.87. The van der Waals surface area contributed by atoms with Gasteiger partial charge in [0, 0.05) is 37.2 Å². The number of unbranched alkanes of at least 4 members (excludes halogenated alkanes) is 1. The van der Waals surface area contributed by atoms with Crippen LogP contribution in [0.25, 0.3) is 6.08 Å². The minimum atomic E-state index is -3.57. The second kappa shape index (κ2) is 10.7. The number of nitrogens with zero attached hydrogens (tertiary/aromatic N) is 3. The Morgan fingerprint density at radius 1 is 1.21 bits per heavy atom. The van der Waals surface area contributed by atoms with Gasteiger partial charge in [-0.3, -0.25) is 14.8 Å². The monoisotopic (exact) mass is 484 g/mol. The predicted molar refractivity (Wildman–Crippen MR) is 129 cm³/mol. The summed E-state index contributed by atoms with van der Waals surface area (Å²) >= 11 is 0. The second-order valence-corrected chi connectivity index (χ2v) is 10.9. The summed E-state index contributed by atoms with van der Waals surface area (Å²) in [6.45, 7) is 3.54. The summed E-state index contributed by atoms with van der Waals surface area (Å²) in [6, 6.07) is 6.58. The number of ether oxygens (including phenoxy) is 1. The molecule has 2 aliphatic heterocycles. The highest BCUT2D eigenvalue weighted by molar-refractivity contribution is 7.89. The molecule has 0 spiro atoms. The van der Waals surface area contributed by atoms with Crippen molar-refractivity contribution < 1.29 is 17.9 Å². The number of pyridine rings is 1. The van der Waals surface area contributed by atoms with Gasteiger partial charge in [0.2, 0.25) is 15.9 Å². The van der Waals surface area contributed by atoms with Gasteiger partial charge in [-0.1, -0.05) is 18.9 Å². The van der Waals surface area contributed by atoms with Gasteiger partial charge in [0.25, 0.3) is 0 Å². The molecule has 0 bridgehead atoms. The van der Waals surface area contributed by atoms with Crippen LogP contribution in [-0.4, -0.2) is 56.4 Å². The van der Waals surface area contributed by atoms with Gasteiger partial charge >= 0.3 is 0 Å². The SMILES string of the molecule is COc1ccc(C)cc1S(=O)(=O)N1CCC(CCCCNC(=O)C2C=c3cnccc3=N2)CC1. The van der Waals surface area contributed by atoms with E-state index in [1.165, 1.54) is 7.11 Å². The smallest absolute Gasteiger partial charge is 0.248 e. The minimum absolute atomic E-state index is 0.0821. The van der Waals surface area contributed by atoms with Gasteiger partial charge in [-0.05, 0) is 61.9 Å². The molecule has 8 nitrogen and oxygen atoms in total. The molecule has 9 heteroatoms. The molecule has 1 atom stereocenters. The zero-order chi connectivity index (χ0) is 24.1. The number of carbonyl (C=O) groups is 1. The van der Waals surface area contributed by atoms with Crippen molar-refractivity contribution in [1.29, 1.82) is 0 Å². The van der Waals surface area contributed by atoms with E-state index in [9.17, 15) is 13.2 Å². The summed E-state index contributed by atoms with van der Waals surface area (Å²) in [5, 5.41) is 4.68. The number of sulfonamides is 1. The molecule has 3 heterocycles. The van der Waals surface area contributed by atoms with Crippen molar-refractivity contribution in [1.82, 2.24) is 14.6 Å². The number of aromatic nitrogens is 1. The first-order chi connectivity index (χ1) is 16.4. The van der Waals surface area contributed by atoms with E-state index in [0.717, 1.165) is 48.2 Å².